The fourth-order valence-electron chi connectivity index (χ4n) is 4.16. The lowest BCUT2D eigenvalue weighted by Gasteiger charge is -2.40. The van der Waals surface area contributed by atoms with Crippen LogP contribution in [0.5, 0.6) is 0 Å². The monoisotopic (exact) mass is 362 g/mol. The molecule has 4 heteroatoms. The topological polar surface area (TPSA) is 46.5 Å². The van der Waals surface area contributed by atoms with Gasteiger partial charge in [-0.2, -0.15) is 0 Å². The number of hydrogen-bond acceptors (Lipinski definition) is 3. The Hall–Kier alpha value is -1.39. The molecule has 0 amide bonds. The number of carbonyl (C=O) groups is 1. The van der Waals surface area contributed by atoms with Crippen LogP contribution < -0.4 is 0 Å². The quantitative estimate of drug-likeness (QED) is 0.540. The van der Waals surface area contributed by atoms with Gasteiger partial charge in [0.2, 0.25) is 0 Å². The summed E-state index contributed by atoms with van der Waals surface area (Å²) in [6.07, 6.45) is 5.40. The van der Waals surface area contributed by atoms with E-state index in [1.807, 2.05) is 30.3 Å². The molecule has 26 heavy (non-hydrogen) atoms. The van der Waals surface area contributed by atoms with Crippen LogP contribution in [0.3, 0.4) is 0 Å². The maximum atomic E-state index is 13.3. The number of nitrogens with zero attached hydrogens (tertiary/aromatic N) is 1. The molecule has 2 rings (SSSR count). The molecule has 1 aromatic rings. The molecular weight excluding hydrogens is 326 g/mol. The van der Waals surface area contributed by atoms with Crippen LogP contribution in [0.15, 0.2) is 30.3 Å². The summed E-state index contributed by atoms with van der Waals surface area (Å²) in [5, 5.41) is 10.4. The van der Waals surface area contributed by atoms with Gasteiger partial charge in [-0.15, -0.1) is 0 Å². The molecule has 0 radical (unpaired) electrons. The number of quaternary nitrogens is 1. The van der Waals surface area contributed by atoms with Gasteiger partial charge in [-0.3, -0.25) is 4.79 Å². The molecule has 1 fully saturated rings. The second-order valence-electron chi connectivity index (χ2n) is 7.94. The van der Waals surface area contributed by atoms with Gasteiger partial charge in [0, 0.05) is 0 Å². The van der Waals surface area contributed by atoms with Gasteiger partial charge in [0.1, 0.15) is 18.6 Å². The summed E-state index contributed by atoms with van der Waals surface area (Å²) in [7, 11) is 2.19. The van der Waals surface area contributed by atoms with Gasteiger partial charge in [-0.05, 0) is 38.2 Å². The number of esters is 1. The minimum absolute atomic E-state index is 0.148. The van der Waals surface area contributed by atoms with E-state index in [1.165, 1.54) is 6.42 Å². The lowest BCUT2D eigenvalue weighted by atomic mass is 9.65. The number of hydrogen-bond donors (Lipinski definition) is 1. The van der Waals surface area contributed by atoms with E-state index in [1.54, 1.807) is 0 Å². The Balaban J connectivity index is 2.21. The van der Waals surface area contributed by atoms with Crippen molar-refractivity contribution in [1.82, 2.24) is 0 Å². The van der Waals surface area contributed by atoms with Crippen molar-refractivity contribution in [3.05, 3.63) is 35.9 Å². The second-order valence-corrected chi connectivity index (χ2v) is 7.94. The van der Waals surface area contributed by atoms with Crippen molar-refractivity contribution in [2.45, 2.75) is 51.4 Å². The Bertz CT molecular complexity index is 550. The summed E-state index contributed by atoms with van der Waals surface area (Å²) in [5.41, 5.74) is -0.0357. The van der Waals surface area contributed by atoms with Gasteiger partial charge >= 0.3 is 5.97 Å². The molecule has 1 aliphatic rings. The maximum Gasteiger partial charge on any atom is 0.319 e. The van der Waals surface area contributed by atoms with Crippen LogP contribution in [0, 0.1) is 5.92 Å². The van der Waals surface area contributed by atoms with Gasteiger partial charge in [0.05, 0.1) is 26.7 Å². The van der Waals surface area contributed by atoms with E-state index >= 15 is 0 Å². The first-order valence-corrected chi connectivity index (χ1v) is 10.2. The summed E-state index contributed by atoms with van der Waals surface area (Å²) < 4.78 is 6.67. The summed E-state index contributed by atoms with van der Waals surface area (Å²) in [4.78, 5) is 13.3. The van der Waals surface area contributed by atoms with E-state index < -0.39 is 5.41 Å². The van der Waals surface area contributed by atoms with E-state index in [9.17, 15) is 9.90 Å². The number of carbonyl (C=O) groups excluding carboxylic acids is 1. The lowest BCUT2D eigenvalue weighted by molar-refractivity contribution is -0.906. The zero-order valence-electron chi connectivity index (χ0n) is 16.7. The van der Waals surface area contributed by atoms with Crippen LogP contribution in [0.4, 0.5) is 0 Å². The van der Waals surface area contributed by atoms with Gasteiger partial charge < -0.3 is 14.3 Å². The van der Waals surface area contributed by atoms with E-state index in [0.717, 1.165) is 55.4 Å². The standard InChI is InChI=1S/C22H36NO3/c1-4-23(3,5-2)16-17-26-21(25)22(18-24,19-12-8-6-9-13-19)20-14-10-7-11-15-20/h6,8-9,12-13,20,24H,4-5,7,10-11,14-18H2,1-3H3/q+1. The fourth-order valence-corrected chi connectivity index (χ4v) is 4.16. The minimum atomic E-state index is -0.927. The highest BCUT2D eigenvalue weighted by Crippen LogP contribution is 2.42. The van der Waals surface area contributed by atoms with Crippen molar-refractivity contribution in [2.75, 3.05) is 39.9 Å². The lowest BCUT2D eigenvalue weighted by Crippen LogP contribution is -2.50. The third kappa shape index (κ3) is 4.47. The highest BCUT2D eigenvalue weighted by atomic mass is 16.5. The molecule has 4 nitrogen and oxygen atoms in total. The van der Waals surface area contributed by atoms with Crippen molar-refractivity contribution >= 4 is 5.97 Å². The molecule has 146 valence electrons. The Morgan fingerprint density at radius 1 is 1.15 bits per heavy atom. The van der Waals surface area contributed by atoms with Crippen LogP contribution >= 0.6 is 0 Å². The first kappa shape index (κ1) is 20.9. The molecule has 0 bridgehead atoms. The number of rotatable bonds is 9. The largest absolute Gasteiger partial charge is 0.459 e. The summed E-state index contributed by atoms with van der Waals surface area (Å²) in [5.74, 6) is -0.105. The average molecular weight is 363 g/mol. The van der Waals surface area contributed by atoms with Gasteiger partial charge in [-0.25, -0.2) is 0 Å². The van der Waals surface area contributed by atoms with Gasteiger partial charge in [0.25, 0.3) is 0 Å². The molecule has 1 N–H and O–H groups in total. The molecule has 0 aliphatic heterocycles. The van der Waals surface area contributed by atoms with E-state index in [-0.39, 0.29) is 18.5 Å². The molecule has 0 heterocycles. The fraction of sp³-hybridized carbons (Fsp3) is 0.682. The van der Waals surface area contributed by atoms with Gasteiger partial charge in [-0.1, -0.05) is 49.6 Å². The van der Waals surface area contributed by atoms with Gasteiger partial charge in [0.15, 0.2) is 0 Å². The number of ether oxygens (including phenoxy) is 1. The molecule has 0 spiro atoms. The average Bonchev–Trinajstić information content (AvgIpc) is 2.70. The molecule has 0 saturated heterocycles. The van der Waals surface area contributed by atoms with Crippen molar-refractivity contribution in [3.8, 4) is 0 Å². The van der Waals surface area contributed by atoms with Crippen LogP contribution in [0.2, 0.25) is 0 Å². The summed E-state index contributed by atoms with van der Waals surface area (Å²) >= 11 is 0. The molecule has 1 atom stereocenters. The van der Waals surface area contributed by atoms with Crippen molar-refractivity contribution in [1.29, 1.82) is 0 Å². The molecule has 1 aromatic carbocycles. The molecule has 1 saturated carbocycles. The smallest absolute Gasteiger partial charge is 0.319 e. The highest BCUT2D eigenvalue weighted by molar-refractivity contribution is 5.84. The SMILES string of the molecule is CC[N+](C)(CC)CCOC(=O)C(CO)(c1ccccc1)C1CCCCC1. The zero-order valence-corrected chi connectivity index (χ0v) is 16.7. The summed E-state index contributed by atoms with van der Waals surface area (Å²) in [6, 6.07) is 9.76. The molecular formula is C22H36NO3+. The normalized spacial score (nSPS) is 18.3. The third-order valence-corrected chi connectivity index (χ3v) is 6.60. The number of aliphatic hydroxyl groups excluding tert-OH is 1. The molecule has 0 aromatic heterocycles. The van der Waals surface area contributed by atoms with E-state index in [4.69, 9.17) is 4.74 Å². The number of likely N-dealkylation sites (N-methyl/N-ethyl adjacent to an activating group) is 1. The number of benzene rings is 1. The first-order chi connectivity index (χ1) is 12.5. The van der Waals surface area contributed by atoms with Crippen LogP contribution in [0.1, 0.15) is 51.5 Å². The number of aliphatic hydroxyl groups is 1. The highest BCUT2D eigenvalue weighted by Gasteiger charge is 2.48. The third-order valence-electron chi connectivity index (χ3n) is 6.60. The maximum absolute atomic E-state index is 13.3. The van der Waals surface area contributed by atoms with Crippen LogP contribution in [-0.2, 0) is 14.9 Å². The predicted octanol–water partition coefficient (Wildman–Crippen LogP) is 3.53. The summed E-state index contributed by atoms with van der Waals surface area (Å²) in [6.45, 7) is 7.37. The first-order valence-electron chi connectivity index (χ1n) is 10.2. The van der Waals surface area contributed by atoms with E-state index in [0.29, 0.717) is 6.61 Å². The minimum Gasteiger partial charge on any atom is -0.459 e. The zero-order chi connectivity index (χ0) is 19.0. The Morgan fingerprint density at radius 3 is 2.31 bits per heavy atom. The van der Waals surface area contributed by atoms with Crippen LogP contribution in [-0.4, -0.2) is 55.5 Å². The Kier molecular flexibility index (Phi) is 7.66. The predicted molar refractivity (Wildman–Crippen MR) is 105 cm³/mol. The molecule has 1 unspecified atom stereocenters. The second kappa shape index (κ2) is 9.52. The van der Waals surface area contributed by atoms with Crippen molar-refractivity contribution in [2.24, 2.45) is 5.92 Å². The van der Waals surface area contributed by atoms with Crippen molar-refractivity contribution in [3.63, 3.8) is 0 Å². The van der Waals surface area contributed by atoms with Crippen molar-refractivity contribution < 1.29 is 19.1 Å². The van der Waals surface area contributed by atoms with Crippen LogP contribution in [0.25, 0.3) is 0 Å². The molecule has 1 aliphatic carbocycles. The Labute approximate surface area is 158 Å². The van der Waals surface area contributed by atoms with E-state index in [2.05, 4.69) is 20.9 Å². The Morgan fingerprint density at radius 2 is 1.77 bits per heavy atom.